The van der Waals surface area contributed by atoms with Crippen LogP contribution in [0.5, 0.6) is 0 Å². The van der Waals surface area contributed by atoms with Crippen molar-refractivity contribution in [2.75, 3.05) is 20.1 Å². The van der Waals surface area contributed by atoms with E-state index >= 15 is 0 Å². The predicted molar refractivity (Wildman–Crippen MR) is 196 cm³/mol. The molecule has 46 heavy (non-hydrogen) atoms. The van der Waals surface area contributed by atoms with Gasteiger partial charge in [-0.05, 0) is 84.1 Å². The average Bonchev–Trinajstić information content (AvgIpc) is 3.38. The highest BCUT2D eigenvalue weighted by Crippen LogP contribution is 2.19. The summed E-state index contributed by atoms with van der Waals surface area (Å²) >= 11 is 0. The summed E-state index contributed by atoms with van der Waals surface area (Å²) in [7, 11) is 1.98. The monoisotopic (exact) mass is 642 g/mol. The molecule has 0 amide bonds. The molecule has 1 heterocycles. The Morgan fingerprint density at radius 1 is 0.500 bits per heavy atom. The number of unbranched alkanes of at least 4 members (excludes halogenated alkanes) is 16. The second-order valence-corrected chi connectivity index (χ2v) is 13.2. The number of esters is 2. The molecular formula is C41H71NO4. The molecule has 0 spiro atoms. The van der Waals surface area contributed by atoms with Crippen LogP contribution in [-0.2, 0) is 19.1 Å². The topological polar surface area (TPSA) is 55.8 Å². The lowest BCUT2D eigenvalue weighted by Crippen LogP contribution is -2.33. The fourth-order valence-corrected chi connectivity index (χ4v) is 5.77. The summed E-state index contributed by atoms with van der Waals surface area (Å²) in [5.41, 5.74) is 0. The summed E-state index contributed by atoms with van der Waals surface area (Å²) in [4.78, 5) is 27.1. The van der Waals surface area contributed by atoms with Crippen molar-refractivity contribution in [3.05, 3.63) is 48.6 Å². The SMILES string of the molecule is CCCCCC=CCC=CCCCCCCCC(=O)OC1CN(C)C[C@H]1OC(=O)CCCCCCCC=CCC=CCCCCC. The maximum Gasteiger partial charge on any atom is 0.306 e. The van der Waals surface area contributed by atoms with E-state index in [1.807, 2.05) is 7.05 Å². The van der Waals surface area contributed by atoms with Crippen LogP contribution in [0.1, 0.15) is 168 Å². The highest BCUT2D eigenvalue weighted by atomic mass is 16.6. The van der Waals surface area contributed by atoms with Gasteiger partial charge in [0.2, 0.25) is 0 Å². The minimum absolute atomic E-state index is 0.166. The molecular weight excluding hydrogens is 570 g/mol. The number of allylic oxidation sites excluding steroid dienone is 8. The van der Waals surface area contributed by atoms with Crippen LogP contribution in [0.4, 0.5) is 0 Å². The first kappa shape index (κ1) is 41.9. The van der Waals surface area contributed by atoms with Gasteiger partial charge < -0.3 is 9.47 Å². The Labute approximate surface area is 284 Å². The smallest absolute Gasteiger partial charge is 0.306 e. The van der Waals surface area contributed by atoms with Gasteiger partial charge in [-0.3, -0.25) is 14.5 Å². The highest BCUT2D eigenvalue weighted by Gasteiger charge is 2.36. The van der Waals surface area contributed by atoms with Gasteiger partial charge in [0, 0.05) is 25.9 Å². The average molecular weight is 642 g/mol. The molecule has 0 aromatic rings. The zero-order valence-corrected chi connectivity index (χ0v) is 30.2. The third kappa shape index (κ3) is 26.0. The molecule has 0 bridgehead atoms. The lowest BCUT2D eigenvalue weighted by molar-refractivity contribution is -0.164. The van der Waals surface area contributed by atoms with Gasteiger partial charge in [-0.2, -0.15) is 0 Å². The van der Waals surface area contributed by atoms with E-state index in [0.29, 0.717) is 25.9 Å². The molecule has 5 heteroatoms. The molecule has 264 valence electrons. The van der Waals surface area contributed by atoms with Gasteiger partial charge in [-0.15, -0.1) is 0 Å². The van der Waals surface area contributed by atoms with Gasteiger partial charge in [0.1, 0.15) is 0 Å². The number of carbonyl (C=O) groups is 2. The van der Waals surface area contributed by atoms with Gasteiger partial charge in [0.25, 0.3) is 0 Å². The van der Waals surface area contributed by atoms with Crippen LogP contribution in [0.25, 0.3) is 0 Å². The zero-order chi connectivity index (χ0) is 33.3. The van der Waals surface area contributed by atoms with Crippen molar-refractivity contribution in [3.63, 3.8) is 0 Å². The van der Waals surface area contributed by atoms with Crippen molar-refractivity contribution in [2.24, 2.45) is 0 Å². The first-order valence-electron chi connectivity index (χ1n) is 19.2. The Hall–Kier alpha value is -2.14. The molecule has 1 unspecified atom stereocenters. The number of nitrogens with zero attached hydrogens (tertiary/aromatic N) is 1. The van der Waals surface area contributed by atoms with Crippen molar-refractivity contribution in [2.45, 2.75) is 180 Å². The van der Waals surface area contributed by atoms with Crippen LogP contribution in [0.3, 0.4) is 0 Å². The molecule has 1 aliphatic heterocycles. The van der Waals surface area contributed by atoms with E-state index in [0.717, 1.165) is 64.2 Å². The van der Waals surface area contributed by atoms with E-state index in [1.54, 1.807) is 0 Å². The van der Waals surface area contributed by atoms with Gasteiger partial charge in [0.15, 0.2) is 12.2 Å². The normalized spacial score (nSPS) is 17.4. The second-order valence-electron chi connectivity index (χ2n) is 13.2. The van der Waals surface area contributed by atoms with Crippen LogP contribution >= 0.6 is 0 Å². The summed E-state index contributed by atoms with van der Waals surface area (Å²) in [6.45, 7) is 5.73. The van der Waals surface area contributed by atoms with Gasteiger partial charge >= 0.3 is 11.9 Å². The third-order valence-electron chi connectivity index (χ3n) is 8.63. The van der Waals surface area contributed by atoms with Crippen LogP contribution in [0.2, 0.25) is 0 Å². The van der Waals surface area contributed by atoms with E-state index in [4.69, 9.17) is 9.47 Å². The standard InChI is InChI=1S/C41H71NO4/c1-4-6-8-10-12-14-16-18-20-22-24-26-28-30-32-34-40(43)45-38-36-42(3)37-39(38)46-41(44)35-33-31-29-27-25-23-21-19-17-15-13-11-9-7-5-2/h12-15,18-21,38-39H,4-11,16-17,22-37H2,1-3H3/t38-,39?/m1/s1. The van der Waals surface area contributed by atoms with Crippen molar-refractivity contribution in [1.29, 1.82) is 0 Å². The van der Waals surface area contributed by atoms with Crippen molar-refractivity contribution >= 4 is 11.9 Å². The van der Waals surface area contributed by atoms with Crippen LogP contribution in [0, 0.1) is 0 Å². The van der Waals surface area contributed by atoms with Crippen molar-refractivity contribution < 1.29 is 19.1 Å². The van der Waals surface area contributed by atoms with E-state index in [-0.39, 0.29) is 24.1 Å². The number of hydrogen-bond donors (Lipinski definition) is 0. The Morgan fingerprint density at radius 3 is 1.20 bits per heavy atom. The van der Waals surface area contributed by atoms with Crippen molar-refractivity contribution in [3.8, 4) is 0 Å². The molecule has 0 radical (unpaired) electrons. The number of rotatable bonds is 30. The fraction of sp³-hybridized carbons (Fsp3) is 0.756. The first-order chi connectivity index (χ1) is 22.6. The van der Waals surface area contributed by atoms with E-state index < -0.39 is 0 Å². The van der Waals surface area contributed by atoms with Crippen LogP contribution < -0.4 is 0 Å². The largest absolute Gasteiger partial charge is 0.457 e. The summed E-state index contributed by atoms with van der Waals surface area (Å²) in [6, 6.07) is 0. The zero-order valence-electron chi connectivity index (χ0n) is 30.2. The molecule has 5 nitrogen and oxygen atoms in total. The van der Waals surface area contributed by atoms with E-state index in [1.165, 1.54) is 77.0 Å². The van der Waals surface area contributed by atoms with Gasteiger partial charge in [-0.25, -0.2) is 0 Å². The maximum atomic E-state index is 12.5. The molecule has 0 N–H and O–H groups in total. The molecule has 0 aromatic carbocycles. The van der Waals surface area contributed by atoms with Crippen LogP contribution in [-0.4, -0.2) is 49.2 Å². The van der Waals surface area contributed by atoms with Crippen LogP contribution in [0.15, 0.2) is 48.6 Å². The van der Waals surface area contributed by atoms with Crippen molar-refractivity contribution in [1.82, 2.24) is 4.90 Å². The van der Waals surface area contributed by atoms with E-state index in [2.05, 4.69) is 67.4 Å². The Morgan fingerprint density at radius 2 is 0.826 bits per heavy atom. The minimum Gasteiger partial charge on any atom is -0.457 e. The fourth-order valence-electron chi connectivity index (χ4n) is 5.77. The number of carbonyl (C=O) groups excluding carboxylic acids is 2. The Bertz CT molecular complexity index is 777. The second kappa shape index (κ2) is 31.5. The van der Waals surface area contributed by atoms with E-state index in [9.17, 15) is 9.59 Å². The Balaban J connectivity index is 2.04. The highest BCUT2D eigenvalue weighted by molar-refractivity contribution is 5.70. The molecule has 1 saturated heterocycles. The summed E-state index contributed by atoms with van der Waals surface area (Å²) in [5, 5.41) is 0. The molecule has 2 atom stereocenters. The number of likely N-dealkylation sites (N-methyl/N-ethyl adjacent to an activating group) is 1. The molecule has 1 fully saturated rings. The molecule has 1 rings (SSSR count). The number of hydrogen-bond acceptors (Lipinski definition) is 5. The lowest BCUT2D eigenvalue weighted by atomic mass is 10.1. The minimum atomic E-state index is -0.357. The third-order valence-corrected chi connectivity index (χ3v) is 8.63. The maximum absolute atomic E-state index is 12.5. The molecule has 0 aliphatic carbocycles. The summed E-state index contributed by atoms with van der Waals surface area (Å²) in [5.74, 6) is -0.332. The molecule has 0 aromatic heterocycles. The first-order valence-corrected chi connectivity index (χ1v) is 19.2. The predicted octanol–water partition coefficient (Wildman–Crippen LogP) is 11.4. The quantitative estimate of drug-likeness (QED) is 0.0444. The lowest BCUT2D eigenvalue weighted by Gasteiger charge is -2.19. The Kier molecular flexibility index (Phi) is 28.6. The van der Waals surface area contributed by atoms with Gasteiger partial charge in [-0.1, -0.05) is 127 Å². The summed E-state index contributed by atoms with van der Waals surface area (Å²) in [6.07, 6.45) is 44.0. The number of ether oxygens (including phenoxy) is 2. The number of likely N-dealkylation sites (tertiary alicyclic amines) is 1. The van der Waals surface area contributed by atoms with Gasteiger partial charge in [0.05, 0.1) is 0 Å². The summed E-state index contributed by atoms with van der Waals surface area (Å²) < 4.78 is 11.5. The molecule has 1 aliphatic rings. The molecule has 0 saturated carbocycles.